The fourth-order valence-electron chi connectivity index (χ4n) is 4.08. The zero-order valence-electron chi connectivity index (χ0n) is 21.4. The van der Waals surface area contributed by atoms with Crippen molar-refractivity contribution < 1.29 is 19.1 Å². The van der Waals surface area contributed by atoms with E-state index in [9.17, 15) is 14.4 Å². The highest BCUT2D eigenvalue weighted by atomic mass is 16.5. The first kappa shape index (κ1) is 26.1. The van der Waals surface area contributed by atoms with Crippen molar-refractivity contribution in [2.24, 2.45) is 5.92 Å². The van der Waals surface area contributed by atoms with Crippen molar-refractivity contribution in [2.45, 2.75) is 13.8 Å². The molecular weight excluding hydrogens is 478 g/mol. The van der Waals surface area contributed by atoms with Crippen molar-refractivity contribution in [2.75, 3.05) is 19.0 Å². The van der Waals surface area contributed by atoms with Crippen LogP contribution in [0.4, 0.5) is 5.69 Å². The van der Waals surface area contributed by atoms with Crippen LogP contribution in [-0.2, 0) is 4.74 Å². The summed E-state index contributed by atoms with van der Waals surface area (Å²) in [5.41, 5.74) is 2.83. The quantitative estimate of drug-likeness (QED) is 0.309. The van der Waals surface area contributed by atoms with Gasteiger partial charge in [-0.3, -0.25) is 9.59 Å². The molecule has 0 aliphatic carbocycles. The number of nitrogens with one attached hydrogen (secondary N) is 2. The molecule has 7 nitrogen and oxygen atoms in total. The summed E-state index contributed by atoms with van der Waals surface area (Å²) in [6.45, 7) is 4.49. The Morgan fingerprint density at radius 1 is 0.842 bits per heavy atom. The number of esters is 1. The Kier molecular flexibility index (Phi) is 7.83. The van der Waals surface area contributed by atoms with Gasteiger partial charge < -0.3 is 15.4 Å². The Morgan fingerprint density at radius 3 is 2.16 bits per heavy atom. The minimum absolute atomic E-state index is 0.174. The molecule has 2 N–H and O–H groups in total. The third kappa shape index (κ3) is 5.71. The van der Waals surface area contributed by atoms with Gasteiger partial charge in [0.05, 0.1) is 24.3 Å². The summed E-state index contributed by atoms with van der Waals surface area (Å²) in [7, 11) is 1.27. The molecule has 0 fully saturated rings. The van der Waals surface area contributed by atoms with Gasteiger partial charge in [-0.15, -0.1) is 0 Å². The number of methoxy groups -OCH3 is 1. The molecule has 0 bridgehead atoms. The van der Waals surface area contributed by atoms with Gasteiger partial charge in [-0.25, -0.2) is 4.79 Å². The van der Waals surface area contributed by atoms with Crippen LogP contribution in [-0.4, -0.2) is 31.4 Å². The van der Waals surface area contributed by atoms with E-state index in [-0.39, 0.29) is 23.3 Å². The first-order valence-electron chi connectivity index (χ1n) is 12.2. The smallest absolute Gasteiger partial charge is 0.338 e. The fourth-order valence-corrected chi connectivity index (χ4v) is 4.08. The zero-order valence-corrected chi connectivity index (χ0v) is 21.4. The van der Waals surface area contributed by atoms with Crippen molar-refractivity contribution in [3.05, 3.63) is 101 Å². The Morgan fingerprint density at radius 2 is 1.53 bits per heavy atom. The number of carbonyl (C=O) groups is 3. The van der Waals surface area contributed by atoms with Gasteiger partial charge in [-0.2, -0.15) is 5.26 Å². The number of nitrogens with zero attached hydrogens (tertiary/aromatic N) is 1. The lowest BCUT2D eigenvalue weighted by molar-refractivity contribution is 0.0601. The number of rotatable bonds is 7. The number of carbonyl (C=O) groups excluding carboxylic acids is 3. The molecule has 0 aliphatic heterocycles. The standard InChI is InChI=1S/C31H27N3O4/c1-19(2)18-33-29(35)23-10-13-25(28(16-23)31(37)38-3)26-14-21-6-4-5-7-22(21)15-27(26)30(36)34-24-11-8-20(17-32)9-12-24/h4-16,19H,18H2,1-3H3,(H,33,35)(H,34,36). The van der Waals surface area contributed by atoms with Gasteiger partial charge in [-0.1, -0.05) is 44.2 Å². The highest BCUT2D eigenvalue weighted by molar-refractivity contribution is 6.13. The van der Waals surface area contributed by atoms with Crippen molar-refractivity contribution in [1.82, 2.24) is 5.32 Å². The second-order valence-electron chi connectivity index (χ2n) is 9.24. The van der Waals surface area contributed by atoms with E-state index in [1.807, 2.05) is 44.2 Å². The van der Waals surface area contributed by atoms with Crippen LogP contribution < -0.4 is 10.6 Å². The maximum Gasteiger partial charge on any atom is 0.338 e. The lowest BCUT2D eigenvalue weighted by Crippen LogP contribution is -2.27. The van der Waals surface area contributed by atoms with E-state index in [1.54, 1.807) is 42.5 Å². The Balaban J connectivity index is 1.83. The van der Waals surface area contributed by atoms with Crippen LogP contribution in [0.3, 0.4) is 0 Å². The zero-order chi connectivity index (χ0) is 27.2. The second-order valence-corrected chi connectivity index (χ2v) is 9.24. The summed E-state index contributed by atoms with van der Waals surface area (Å²) in [6.07, 6.45) is 0. The van der Waals surface area contributed by atoms with Crippen LogP contribution >= 0.6 is 0 Å². The molecule has 0 atom stereocenters. The van der Waals surface area contributed by atoms with Crippen molar-refractivity contribution in [3.8, 4) is 17.2 Å². The predicted molar refractivity (Wildman–Crippen MR) is 147 cm³/mol. The third-order valence-electron chi connectivity index (χ3n) is 6.05. The fraction of sp³-hybridized carbons (Fsp3) is 0.161. The summed E-state index contributed by atoms with van der Waals surface area (Å²) in [5, 5.41) is 16.5. The van der Waals surface area contributed by atoms with Gasteiger partial charge in [0, 0.05) is 23.4 Å². The number of amides is 2. The van der Waals surface area contributed by atoms with E-state index in [0.29, 0.717) is 40.0 Å². The number of nitriles is 1. The number of hydrogen-bond donors (Lipinski definition) is 2. The average molecular weight is 506 g/mol. The number of benzene rings is 4. The van der Waals surface area contributed by atoms with E-state index in [2.05, 4.69) is 16.7 Å². The van der Waals surface area contributed by atoms with Gasteiger partial charge in [-0.05, 0) is 76.3 Å². The van der Waals surface area contributed by atoms with E-state index in [1.165, 1.54) is 13.2 Å². The number of fused-ring (bicyclic) bond motifs is 1. The van der Waals surface area contributed by atoms with Crippen LogP contribution in [0.25, 0.3) is 21.9 Å². The molecule has 0 saturated carbocycles. The molecule has 0 heterocycles. The topological polar surface area (TPSA) is 108 Å². The van der Waals surface area contributed by atoms with Crippen LogP contribution in [0.2, 0.25) is 0 Å². The number of anilines is 1. The SMILES string of the molecule is COC(=O)c1cc(C(=O)NCC(C)C)ccc1-c1cc2ccccc2cc1C(=O)Nc1ccc(C#N)cc1. The van der Waals surface area contributed by atoms with Crippen LogP contribution in [0.1, 0.15) is 50.5 Å². The lowest BCUT2D eigenvalue weighted by atomic mass is 9.91. The highest BCUT2D eigenvalue weighted by Gasteiger charge is 2.22. The molecule has 0 aliphatic rings. The summed E-state index contributed by atoms with van der Waals surface area (Å²) in [5.74, 6) is -1.03. The van der Waals surface area contributed by atoms with Gasteiger partial charge in [0.15, 0.2) is 0 Å². The molecule has 38 heavy (non-hydrogen) atoms. The molecular formula is C31H27N3O4. The van der Waals surface area contributed by atoms with E-state index in [4.69, 9.17) is 10.00 Å². The van der Waals surface area contributed by atoms with E-state index >= 15 is 0 Å². The second kappa shape index (κ2) is 11.4. The Hall–Kier alpha value is -4.96. The minimum atomic E-state index is -0.620. The summed E-state index contributed by atoms with van der Waals surface area (Å²) in [6, 6.07) is 24.6. The maximum atomic E-state index is 13.5. The molecule has 4 aromatic carbocycles. The average Bonchev–Trinajstić information content (AvgIpc) is 2.94. The summed E-state index contributed by atoms with van der Waals surface area (Å²) in [4.78, 5) is 39.1. The highest BCUT2D eigenvalue weighted by Crippen LogP contribution is 2.33. The molecule has 0 spiro atoms. The molecule has 0 saturated heterocycles. The molecule has 190 valence electrons. The van der Waals surface area contributed by atoms with Crippen molar-refractivity contribution >= 4 is 34.2 Å². The Labute approximate surface area is 221 Å². The maximum absolute atomic E-state index is 13.5. The Bertz CT molecular complexity index is 1570. The predicted octanol–water partition coefficient (Wildman–Crippen LogP) is 5.80. The van der Waals surface area contributed by atoms with Gasteiger partial charge >= 0.3 is 5.97 Å². The first-order valence-corrected chi connectivity index (χ1v) is 12.2. The molecule has 0 unspecified atom stereocenters. The number of ether oxygens (including phenoxy) is 1. The molecule has 2 amide bonds. The summed E-state index contributed by atoms with van der Waals surface area (Å²) < 4.78 is 5.04. The van der Waals surface area contributed by atoms with Gasteiger partial charge in [0.1, 0.15) is 0 Å². The molecule has 0 aromatic heterocycles. The van der Waals surface area contributed by atoms with Crippen molar-refractivity contribution in [1.29, 1.82) is 5.26 Å². The third-order valence-corrected chi connectivity index (χ3v) is 6.05. The summed E-state index contributed by atoms with van der Waals surface area (Å²) >= 11 is 0. The van der Waals surface area contributed by atoms with E-state index in [0.717, 1.165) is 10.8 Å². The van der Waals surface area contributed by atoms with Gasteiger partial charge in [0.25, 0.3) is 11.8 Å². The largest absolute Gasteiger partial charge is 0.465 e. The number of hydrogen-bond acceptors (Lipinski definition) is 5. The lowest BCUT2D eigenvalue weighted by Gasteiger charge is -2.16. The molecule has 0 radical (unpaired) electrons. The van der Waals surface area contributed by atoms with E-state index < -0.39 is 5.97 Å². The van der Waals surface area contributed by atoms with Crippen LogP contribution in [0.5, 0.6) is 0 Å². The molecule has 7 heteroatoms. The monoisotopic (exact) mass is 505 g/mol. The normalized spacial score (nSPS) is 10.6. The molecule has 4 aromatic rings. The van der Waals surface area contributed by atoms with Gasteiger partial charge in [0.2, 0.25) is 0 Å². The van der Waals surface area contributed by atoms with Crippen LogP contribution in [0, 0.1) is 17.2 Å². The molecule has 4 rings (SSSR count). The van der Waals surface area contributed by atoms with Crippen molar-refractivity contribution in [3.63, 3.8) is 0 Å². The van der Waals surface area contributed by atoms with Crippen LogP contribution in [0.15, 0.2) is 78.9 Å². The first-order chi connectivity index (χ1) is 18.3. The minimum Gasteiger partial charge on any atom is -0.465 e.